The summed E-state index contributed by atoms with van der Waals surface area (Å²) in [6, 6.07) is 0.353. The number of carbonyl (C=O) groups excluding carboxylic acids is 1. The molecule has 0 bridgehead atoms. The van der Waals surface area contributed by atoms with E-state index in [-0.39, 0.29) is 5.41 Å². The highest BCUT2D eigenvalue weighted by Crippen LogP contribution is 2.43. The van der Waals surface area contributed by atoms with Crippen LogP contribution in [0.3, 0.4) is 0 Å². The molecule has 1 atom stereocenters. The zero-order valence-electron chi connectivity index (χ0n) is 15.4. The van der Waals surface area contributed by atoms with Gasteiger partial charge >= 0.3 is 0 Å². The fourth-order valence-corrected chi connectivity index (χ4v) is 4.94. The third-order valence-electron chi connectivity index (χ3n) is 6.43. The molecule has 4 rings (SSSR count). The number of carbonyl (C=O) groups is 1. The zero-order valence-corrected chi connectivity index (χ0v) is 15.4. The van der Waals surface area contributed by atoms with Crippen LogP contribution in [-0.2, 0) is 9.53 Å². The predicted octanol–water partition coefficient (Wildman–Crippen LogP) is 2.39. The summed E-state index contributed by atoms with van der Waals surface area (Å²) in [5, 5.41) is 0. The largest absolute Gasteiger partial charge is 0.381 e. The molecule has 1 amide bonds. The topological polar surface area (TPSA) is 58.6 Å². The Morgan fingerprint density at radius 2 is 1.88 bits per heavy atom. The van der Waals surface area contributed by atoms with Gasteiger partial charge in [-0.1, -0.05) is 0 Å². The molecule has 1 aromatic rings. The molecule has 6 nitrogen and oxygen atoms in total. The van der Waals surface area contributed by atoms with Crippen molar-refractivity contribution in [2.45, 2.75) is 57.1 Å². The lowest BCUT2D eigenvalue weighted by atomic mass is 9.78. The monoisotopic (exact) mass is 362 g/mol. The number of amides is 1. The van der Waals surface area contributed by atoms with Crippen LogP contribution < -0.4 is 4.90 Å². The molecule has 3 fully saturated rings. The first-order valence-corrected chi connectivity index (χ1v) is 9.68. The summed E-state index contributed by atoms with van der Waals surface area (Å²) in [6.07, 6.45) is 9.63. The highest BCUT2D eigenvalue weighted by Gasteiger charge is 2.51. The molecule has 142 valence electrons. The zero-order chi connectivity index (χ0) is 18.1. The summed E-state index contributed by atoms with van der Waals surface area (Å²) in [4.78, 5) is 25.7. The third kappa shape index (κ3) is 3.17. The number of hydrogen-bond donors (Lipinski definition) is 0. The Labute approximate surface area is 153 Å². The molecule has 3 aliphatic rings. The molecule has 1 saturated carbocycles. The van der Waals surface area contributed by atoms with Gasteiger partial charge in [-0.05, 0) is 44.9 Å². The van der Waals surface area contributed by atoms with Gasteiger partial charge in [0.2, 0.25) is 11.9 Å². The molecule has 3 heterocycles. The van der Waals surface area contributed by atoms with Gasteiger partial charge in [-0.15, -0.1) is 0 Å². The Morgan fingerprint density at radius 3 is 2.58 bits per heavy atom. The van der Waals surface area contributed by atoms with Gasteiger partial charge in [0.1, 0.15) is 0 Å². The minimum absolute atomic E-state index is 0.296. The molecule has 26 heavy (non-hydrogen) atoms. The molecule has 7 heteroatoms. The second-order valence-electron chi connectivity index (χ2n) is 7.92. The maximum Gasteiger partial charge on any atom is 0.230 e. The van der Waals surface area contributed by atoms with E-state index in [1.807, 2.05) is 4.90 Å². The predicted molar refractivity (Wildman–Crippen MR) is 95.3 cm³/mol. The van der Waals surface area contributed by atoms with Crippen LogP contribution in [0.2, 0.25) is 0 Å². The molecule has 0 radical (unpaired) electrons. The fraction of sp³-hybridized carbons (Fsp3) is 0.737. The number of halogens is 1. The maximum absolute atomic E-state index is 13.3. The number of anilines is 1. The lowest BCUT2D eigenvalue weighted by Crippen LogP contribution is -2.50. The average molecular weight is 362 g/mol. The molecule has 1 aromatic heterocycles. The van der Waals surface area contributed by atoms with Gasteiger partial charge in [-0.2, -0.15) is 0 Å². The van der Waals surface area contributed by atoms with E-state index in [9.17, 15) is 9.18 Å². The van der Waals surface area contributed by atoms with Crippen molar-refractivity contribution >= 4 is 11.9 Å². The Hall–Kier alpha value is -1.76. The summed E-state index contributed by atoms with van der Waals surface area (Å²) in [5.74, 6) is 0.387. The van der Waals surface area contributed by atoms with Gasteiger partial charge in [0.15, 0.2) is 5.82 Å². The van der Waals surface area contributed by atoms with Crippen molar-refractivity contribution in [1.29, 1.82) is 0 Å². The minimum atomic E-state index is -0.435. The normalized spacial score (nSPS) is 32.5. The van der Waals surface area contributed by atoms with Gasteiger partial charge in [0.25, 0.3) is 0 Å². The Bertz CT molecular complexity index is 647. The average Bonchev–Trinajstić information content (AvgIpc) is 2.98. The number of piperidine rings is 1. The number of ether oxygens (including phenoxy) is 1. The summed E-state index contributed by atoms with van der Waals surface area (Å²) >= 11 is 0. The summed E-state index contributed by atoms with van der Waals surface area (Å²) in [5.41, 5.74) is -0.325. The molecule has 0 N–H and O–H groups in total. The van der Waals surface area contributed by atoms with E-state index < -0.39 is 5.82 Å². The van der Waals surface area contributed by atoms with Crippen molar-refractivity contribution in [3.8, 4) is 0 Å². The lowest BCUT2D eigenvalue weighted by molar-refractivity contribution is -0.139. The van der Waals surface area contributed by atoms with Crippen LogP contribution in [0.25, 0.3) is 0 Å². The number of rotatable bonds is 3. The molecular weight excluding hydrogens is 335 g/mol. The van der Waals surface area contributed by atoms with Crippen molar-refractivity contribution < 1.29 is 13.9 Å². The lowest BCUT2D eigenvalue weighted by Gasteiger charge is -2.40. The van der Waals surface area contributed by atoms with E-state index in [0.29, 0.717) is 30.5 Å². The van der Waals surface area contributed by atoms with Crippen molar-refractivity contribution in [2.24, 2.45) is 5.41 Å². The van der Waals surface area contributed by atoms with E-state index in [1.54, 1.807) is 7.11 Å². The highest BCUT2D eigenvalue weighted by atomic mass is 19.1. The van der Waals surface area contributed by atoms with Crippen LogP contribution in [0.5, 0.6) is 0 Å². The van der Waals surface area contributed by atoms with Gasteiger partial charge < -0.3 is 14.5 Å². The smallest absolute Gasteiger partial charge is 0.230 e. The highest BCUT2D eigenvalue weighted by molar-refractivity contribution is 5.86. The van der Waals surface area contributed by atoms with Gasteiger partial charge in [-0.3, -0.25) is 4.79 Å². The fourth-order valence-electron chi connectivity index (χ4n) is 4.94. The summed E-state index contributed by atoms with van der Waals surface area (Å²) in [6.45, 7) is 2.31. The van der Waals surface area contributed by atoms with Gasteiger partial charge in [0.05, 0.1) is 23.9 Å². The molecule has 2 saturated heterocycles. The standard InChI is InChI=1S/C19H27FN4O2/c1-26-16-5-3-15(4-6-16)24-10-8-19(17(24)25)7-2-9-23(13-19)18-21-11-14(20)12-22-18/h11-12,15-16H,2-10,13H2,1H3. The Morgan fingerprint density at radius 1 is 1.15 bits per heavy atom. The van der Waals surface area contributed by atoms with Crippen LogP contribution in [-0.4, -0.2) is 59.7 Å². The van der Waals surface area contributed by atoms with E-state index in [0.717, 1.165) is 58.0 Å². The van der Waals surface area contributed by atoms with Crippen molar-refractivity contribution in [2.75, 3.05) is 31.6 Å². The SMILES string of the molecule is COC1CCC(N2CCC3(CCCN(c4ncc(F)cn4)C3)C2=O)CC1. The third-order valence-corrected chi connectivity index (χ3v) is 6.43. The first-order valence-electron chi connectivity index (χ1n) is 9.68. The van der Waals surface area contributed by atoms with Crippen molar-refractivity contribution in [3.05, 3.63) is 18.2 Å². The molecule has 1 aliphatic carbocycles. The van der Waals surface area contributed by atoms with Gasteiger partial charge in [0, 0.05) is 32.8 Å². The van der Waals surface area contributed by atoms with E-state index in [4.69, 9.17) is 4.74 Å². The first kappa shape index (κ1) is 17.6. The Kier molecular flexibility index (Phi) is 4.82. The summed E-state index contributed by atoms with van der Waals surface area (Å²) in [7, 11) is 1.77. The molecule has 2 aliphatic heterocycles. The van der Waals surface area contributed by atoms with Crippen LogP contribution in [0.15, 0.2) is 12.4 Å². The first-order chi connectivity index (χ1) is 12.6. The maximum atomic E-state index is 13.3. The van der Waals surface area contributed by atoms with Crippen LogP contribution >= 0.6 is 0 Å². The molecular formula is C19H27FN4O2. The van der Waals surface area contributed by atoms with Crippen LogP contribution in [0.4, 0.5) is 10.3 Å². The number of hydrogen-bond acceptors (Lipinski definition) is 5. The molecule has 0 aromatic carbocycles. The number of nitrogens with zero attached hydrogens (tertiary/aromatic N) is 4. The van der Waals surface area contributed by atoms with E-state index >= 15 is 0 Å². The Balaban J connectivity index is 1.45. The van der Waals surface area contributed by atoms with Crippen molar-refractivity contribution in [1.82, 2.24) is 14.9 Å². The molecule has 1 spiro atoms. The van der Waals surface area contributed by atoms with E-state index in [1.165, 1.54) is 12.4 Å². The summed E-state index contributed by atoms with van der Waals surface area (Å²) < 4.78 is 18.6. The van der Waals surface area contributed by atoms with Gasteiger partial charge in [-0.25, -0.2) is 14.4 Å². The number of likely N-dealkylation sites (tertiary alicyclic amines) is 1. The molecule has 1 unspecified atom stereocenters. The van der Waals surface area contributed by atoms with Crippen LogP contribution in [0, 0.1) is 11.2 Å². The van der Waals surface area contributed by atoms with Crippen LogP contribution in [0.1, 0.15) is 44.9 Å². The second kappa shape index (κ2) is 7.10. The number of methoxy groups -OCH3 is 1. The second-order valence-corrected chi connectivity index (χ2v) is 7.92. The van der Waals surface area contributed by atoms with E-state index in [2.05, 4.69) is 14.9 Å². The number of aromatic nitrogens is 2. The quantitative estimate of drug-likeness (QED) is 0.826. The van der Waals surface area contributed by atoms with Crippen molar-refractivity contribution in [3.63, 3.8) is 0 Å². The minimum Gasteiger partial charge on any atom is -0.381 e.